The van der Waals surface area contributed by atoms with Crippen LogP contribution in [0, 0.1) is 0 Å². The number of ether oxygens (including phenoxy) is 1. The van der Waals surface area contributed by atoms with Gasteiger partial charge in [-0.05, 0) is 31.2 Å². The quantitative estimate of drug-likeness (QED) is 0.178. The van der Waals surface area contributed by atoms with Crippen LogP contribution in [-0.4, -0.2) is 36.5 Å². The monoisotopic (exact) mass is 522 g/mol. The Kier molecular flexibility index (Phi) is 11.1. The van der Waals surface area contributed by atoms with Crippen molar-refractivity contribution in [2.75, 3.05) is 19.5 Å². The number of allylic oxidation sites excluding steroid dienone is 1. The average molecular weight is 523 g/mol. The van der Waals surface area contributed by atoms with Gasteiger partial charge < -0.3 is 24.0 Å². The Balaban J connectivity index is 0.000000252. The van der Waals surface area contributed by atoms with Gasteiger partial charge in [0.25, 0.3) is 5.89 Å². The molecule has 0 atom stereocenters. The van der Waals surface area contributed by atoms with Gasteiger partial charge in [0.1, 0.15) is 16.8 Å². The van der Waals surface area contributed by atoms with Gasteiger partial charge in [0.05, 0.1) is 17.7 Å². The van der Waals surface area contributed by atoms with Gasteiger partial charge in [-0.15, -0.1) is 17.9 Å². The molecule has 2 aromatic carbocycles. The van der Waals surface area contributed by atoms with Gasteiger partial charge in [0.2, 0.25) is 6.29 Å². The van der Waals surface area contributed by atoms with E-state index in [1.807, 2.05) is 51.1 Å². The third-order valence-electron chi connectivity index (χ3n) is 4.64. The highest BCUT2D eigenvalue weighted by Crippen LogP contribution is 2.40. The highest BCUT2D eigenvalue weighted by Gasteiger charge is 2.22. The summed E-state index contributed by atoms with van der Waals surface area (Å²) in [6, 6.07) is 14.7. The van der Waals surface area contributed by atoms with Crippen LogP contribution in [0.25, 0.3) is 32.7 Å². The second-order valence-corrected chi connectivity index (χ2v) is 7.82. The summed E-state index contributed by atoms with van der Waals surface area (Å²) >= 11 is 1.33. The standard InChI is InChI=1S/C15H13NO4S.C8H5NO2.C3H6.C2H6/c1-16-9-7-21-14(12(9)15(17)18)11-6-8-4-3-5-10(19-2)13(8)20-11;10-5-8-9-6-3-1-2-4-7(6)11-8;1-3-2;1-2/h3-7,16H,1-2H3,(H,17,18);1-5H;3H,1H2,2H3;1-2H3. The number of aromatic carboxylic acids is 1. The van der Waals surface area contributed by atoms with Crippen molar-refractivity contribution in [2.24, 2.45) is 0 Å². The van der Waals surface area contributed by atoms with E-state index in [-0.39, 0.29) is 11.5 Å². The van der Waals surface area contributed by atoms with Crippen LogP contribution in [0.1, 0.15) is 41.8 Å². The number of furan rings is 1. The Hall–Kier alpha value is -4.37. The van der Waals surface area contributed by atoms with E-state index < -0.39 is 5.97 Å². The number of nitrogens with zero attached hydrogens (tertiary/aromatic N) is 1. The van der Waals surface area contributed by atoms with E-state index in [2.05, 4.69) is 16.9 Å². The topological polar surface area (TPSA) is 115 Å². The first-order valence-electron chi connectivity index (χ1n) is 11.4. The molecule has 194 valence electrons. The van der Waals surface area contributed by atoms with Gasteiger partial charge in [-0.1, -0.05) is 44.2 Å². The van der Waals surface area contributed by atoms with Crippen LogP contribution < -0.4 is 10.1 Å². The lowest BCUT2D eigenvalue weighted by Gasteiger charge is -2.00. The minimum Gasteiger partial charge on any atom is -0.493 e. The molecule has 0 aliphatic heterocycles. The zero-order valence-corrected chi connectivity index (χ0v) is 22.2. The number of nitrogens with one attached hydrogen (secondary N) is 1. The van der Waals surface area contributed by atoms with Crippen LogP contribution in [0.2, 0.25) is 0 Å². The van der Waals surface area contributed by atoms with Crippen LogP contribution in [-0.2, 0) is 0 Å². The largest absolute Gasteiger partial charge is 0.493 e. The van der Waals surface area contributed by atoms with Crippen molar-refractivity contribution in [1.29, 1.82) is 0 Å². The molecular weight excluding hydrogens is 492 g/mol. The number of carbonyl (C=O) groups excluding carboxylic acids is 1. The molecule has 3 aromatic heterocycles. The number of thiophene rings is 1. The molecule has 0 saturated carbocycles. The van der Waals surface area contributed by atoms with Crippen LogP contribution in [0.3, 0.4) is 0 Å². The zero-order valence-electron chi connectivity index (χ0n) is 21.4. The van der Waals surface area contributed by atoms with Crippen molar-refractivity contribution in [3.63, 3.8) is 0 Å². The predicted octanol–water partition coefficient (Wildman–Crippen LogP) is 7.77. The number of benzene rings is 2. The molecule has 5 rings (SSSR count). The number of anilines is 1. The SMILES string of the molecule is C=CC.CC.CNc1csc(-c2cc3cccc(OC)c3o2)c1C(=O)O.O=Cc1nc2ccccc2o1. The highest BCUT2D eigenvalue weighted by molar-refractivity contribution is 7.14. The van der Waals surface area contributed by atoms with E-state index in [4.69, 9.17) is 13.6 Å². The van der Waals surface area contributed by atoms with E-state index in [1.165, 1.54) is 11.3 Å². The second-order valence-electron chi connectivity index (χ2n) is 6.94. The highest BCUT2D eigenvalue weighted by atomic mass is 32.1. The van der Waals surface area contributed by atoms with Crippen LogP contribution in [0.15, 0.2) is 75.4 Å². The predicted molar refractivity (Wildman–Crippen MR) is 149 cm³/mol. The maximum absolute atomic E-state index is 11.5. The van der Waals surface area contributed by atoms with Gasteiger partial charge >= 0.3 is 5.97 Å². The van der Waals surface area contributed by atoms with Gasteiger partial charge in [-0.3, -0.25) is 4.79 Å². The fourth-order valence-electron chi connectivity index (χ4n) is 3.18. The first kappa shape index (κ1) is 28.9. The first-order chi connectivity index (χ1) is 18.0. The third kappa shape index (κ3) is 6.86. The zero-order chi connectivity index (χ0) is 27.4. The Bertz CT molecular complexity index is 1430. The van der Waals surface area contributed by atoms with E-state index in [0.29, 0.717) is 39.5 Å². The lowest BCUT2D eigenvalue weighted by Crippen LogP contribution is -2.00. The number of aldehydes is 1. The molecule has 0 fully saturated rings. The number of carboxylic acid groups (broad SMARTS) is 1. The Morgan fingerprint density at radius 3 is 2.46 bits per heavy atom. The molecule has 2 N–H and O–H groups in total. The number of carbonyl (C=O) groups is 2. The molecule has 3 heterocycles. The smallest absolute Gasteiger partial charge is 0.339 e. The maximum Gasteiger partial charge on any atom is 0.339 e. The molecule has 37 heavy (non-hydrogen) atoms. The number of fused-ring (bicyclic) bond motifs is 2. The number of hydrogen-bond donors (Lipinski definition) is 2. The van der Waals surface area contributed by atoms with Crippen molar-refractivity contribution in [2.45, 2.75) is 20.8 Å². The normalized spacial score (nSPS) is 9.65. The summed E-state index contributed by atoms with van der Waals surface area (Å²) in [5.74, 6) is 0.300. The minimum atomic E-state index is -0.983. The van der Waals surface area contributed by atoms with Crippen LogP contribution in [0.4, 0.5) is 5.69 Å². The summed E-state index contributed by atoms with van der Waals surface area (Å²) in [6.07, 6.45) is 2.35. The molecule has 8 nitrogen and oxygen atoms in total. The molecular formula is C28H30N2O6S. The lowest BCUT2D eigenvalue weighted by atomic mass is 10.2. The number of oxazole rings is 1. The van der Waals surface area contributed by atoms with Gasteiger partial charge in [-0.2, -0.15) is 0 Å². The summed E-state index contributed by atoms with van der Waals surface area (Å²) in [7, 11) is 3.27. The number of methoxy groups -OCH3 is 1. The molecule has 0 aliphatic rings. The second kappa shape index (κ2) is 14.3. The Morgan fingerprint density at radius 1 is 1.16 bits per heavy atom. The lowest BCUT2D eigenvalue weighted by molar-refractivity contribution is 0.0699. The molecule has 5 aromatic rings. The Labute approximate surface area is 219 Å². The van der Waals surface area contributed by atoms with Crippen LogP contribution >= 0.6 is 11.3 Å². The van der Waals surface area contributed by atoms with E-state index >= 15 is 0 Å². The summed E-state index contributed by atoms with van der Waals surface area (Å²) in [4.78, 5) is 26.2. The van der Waals surface area contributed by atoms with E-state index in [0.717, 1.165) is 10.9 Å². The fraction of sp³-hybridized carbons (Fsp3) is 0.179. The summed E-state index contributed by atoms with van der Waals surface area (Å²) < 4.78 is 16.1. The molecule has 0 bridgehead atoms. The number of carboxylic acids is 1. The molecule has 0 spiro atoms. The van der Waals surface area contributed by atoms with E-state index in [1.54, 1.807) is 43.8 Å². The fourth-order valence-corrected chi connectivity index (χ4v) is 4.19. The van der Waals surface area contributed by atoms with Crippen molar-refractivity contribution >= 4 is 51.3 Å². The Morgan fingerprint density at radius 2 is 1.86 bits per heavy atom. The third-order valence-corrected chi connectivity index (χ3v) is 5.63. The number of rotatable bonds is 5. The van der Waals surface area contributed by atoms with Crippen molar-refractivity contribution in [3.8, 4) is 16.4 Å². The van der Waals surface area contributed by atoms with Gasteiger partial charge in [-0.25, -0.2) is 9.78 Å². The molecule has 0 aliphatic carbocycles. The van der Waals surface area contributed by atoms with Crippen molar-refractivity contribution in [3.05, 3.63) is 78.0 Å². The van der Waals surface area contributed by atoms with E-state index in [9.17, 15) is 14.7 Å². The number of para-hydroxylation sites is 3. The van der Waals surface area contributed by atoms with Crippen molar-refractivity contribution in [1.82, 2.24) is 4.98 Å². The van der Waals surface area contributed by atoms with Crippen molar-refractivity contribution < 1.29 is 28.3 Å². The summed E-state index contributed by atoms with van der Waals surface area (Å²) in [5, 5.41) is 14.9. The van der Waals surface area contributed by atoms with Gasteiger partial charge in [0.15, 0.2) is 16.9 Å². The first-order valence-corrected chi connectivity index (χ1v) is 12.3. The number of hydrogen-bond acceptors (Lipinski definition) is 8. The minimum absolute atomic E-state index is 0.131. The summed E-state index contributed by atoms with van der Waals surface area (Å²) in [6.45, 7) is 9.25. The van der Waals surface area contributed by atoms with Crippen LogP contribution in [0.5, 0.6) is 5.75 Å². The summed E-state index contributed by atoms with van der Waals surface area (Å²) in [5.41, 5.74) is 2.78. The molecule has 0 radical (unpaired) electrons. The molecule has 0 unspecified atom stereocenters. The molecule has 0 amide bonds. The number of aromatic nitrogens is 1. The molecule has 0 saturated heterocycles. The van der Waals surface area contributed by atoms with Gasteiger partial charge in [0, 0.05) is 17.8 Å². The molecule has 9 heteroatoms. The average Bonchev–Trinajstić information content (AvgIpc) is 3.66. The maximum atomic E-state index is 11.5.